The molecule has 0 N–H and O–H groups in total. The van der Waals surface area contributed by atoms with Crippen LogP contribution in [0.3, 0.4) is 0 Å². The van der Waals surface area contributed by atoms with Crippen molar-refractivity contribution in [3.05, 3.63) is 60.1 Å². The lowest BCUT2D eigenvalue weighted by molar-refractivity contribution is -0.137. The number of fused-ring (bicyclic) bond motifs is 3. The number of alkyl halides is 3. The smallest absolute Gasteiger partial charge is 0.342 e. The summed E-state index contributed by atoms with van der Waals surface area (Å²) < 4.78 is 142. The van der Waals surface area contributed by atoms with Crippen LogP contribution in [0.1, 0.15) is 66.6 Å². The van der Waals surface area contributed by atoms with Gasteiger partial charge >= 0.3 is 6.18 Å². The quantitative estimate of drug-likeness (QED) is 0.413. The number of aromatic nitrogens is 7. The van der Waals surface area contributed by atoms with Crippen LogP contribution in [0.2, 0.25) is 0 Å². The van der Waals surface area contributed by atoms with Gasteiger partial charge in [-0.3, -0.25) is 9.13 Å². The molecular weight excluding hydrogens is 445 g/mol. The van der Waals surface area contributed by atoms with Crippen molar-refractivity contribution in [2.75, 3.05) is 4.90 Å². The van der Waals surface area contributed by atoms with Crippen molar-refractivity contribution in [2.45, 2.75) is 52.1 Å². The lowest BCUT2D eigenvalue weighted by Crippen LogP contribution is -2.40. The Morgan fingerprint density at radius 1 is 1.24 bits per heavy atom. The SMILES string of the molecule is [2H]C([2H])([2H])C([2H])([2H])C1c2nnc(C)n2-c2cnc(-n3ccnc3-c3cccc(C(F)(F)F)c3)nc2N1C([2H])(C([2H])([2H])[2H])C([2H])([2H])[2H]. The van der Waals surface area contributed by atoms with Crippen molar-refractivity contribution >= 4 is 5.82 Å². The van der Waals surface area contributed by atoms with Crippen LogP contribution in [0.25, 0.3) is 23.0 Å². The number of rotatable bonds is 4. The van der Waals surface area contributed by atoms with Crippen LogP contribution >= 0.6 is 0 Å². The normalized spacial score (nSPS) is 22.6. The van der Waals surface area contributed by atoms with Gasteiger partial charge in [-0.05, 0) is 39.1 Å². The summed E-state index contributed by atoms with van der Waals surface area (Å²) in [6.45, 7) is -9.63. The van der Waals surface area contributed by atoms with Crippen molar-refractivity contribution in [1.82, 2.24) is 34.3 Å². The second kappa shape index (κ2) is 7.93. The Bertz CT molecular complexity index is 1780. The fourth-order valence-electron chi connectivity index (χ4n) is 3.78. The highest BCUT2D eigenvalue weighted by molar-refractivity contribution is 5.64. The van der Waals surface area contributed by atoms with Crippen LogP contribution in [0, 0.1) is 6.92 Å². The van der Waals surface area contributed by atoms with Crippen molar-refractivity contribution in [3.63, 3.8) is 0 Å². The summed E-state index contributed by atoms with van der Waals surface area (Å²) in [7, 11) is 0. The topological polar surface area (TPSA) is 77.5 Å². The summed E-state index contributed by atoms with van der Waals surface area (Å²) in [5.74, 6) is -1.71. The summed E-state index contributed by atoms with van der Waals surface area (Å²) in [5, 5.41) is 7.74. The first kappa shape index (κ1) is 12.1. The van der Waals surface area contributed by atoms with Gasteiger partial charge in [-0.2, -0.15) is 18.2 Å². The van der Waals surface area contributed by atoms with Gasteiger partial charge < -0.3 is 4.90 Å². The molecule has 0 radical (unpaired) electrons. The Morgan fingerprint density at radius 2 is 2.09 bits per heavy atom. The Hall–Kier alpha value is -3.76. The highest BCUT2D eigenvalue weighted by atomic mass is 19.4. The minimum Gasteiger partial charge on any atom is -0.342 e. The van der Waals surface area contributed by atoms with E-state index >= 15 is 0 Å². The second-order valence-corrected chi connectivity index (χ2v) is 7.28. The standard InChI is InChI=1S/C23H23F3N8/c1-5-17-21-31-30-14(4)34(21)18-12-28-22(29-20(18)33(17)13(2)3)32-10-9-27-19(32)15-7-6-8-16(11-15)23(24,25)26/h6-13,17H,5H2,1-4H3/i1D3,2D3,3D3,5D2,13D. The average Bonchev–Trinajstić information content (AvgIpc) is 3.56. The molecule has 8 nitrogen and oxygen atoms in total. The molecule has 1 aliphatic heterocycles. The summed E-state index contributed by atoms with van der Waals surface area (Å²) in [5.41, 5.74) is -1.24. The number of anilines is 1. The van der Waals surface area contributed by atoms with Gasteiger partial charge in [-0.25, -0.2) is 9.97 Å². The van der Waals surface area contributed by atoms with Crippen LogP contribution in [0.15, 0.2) is 42.9 Å². The molecule has 0 saturated carbocycles. The lowest BCUT2D eigenvalue weighted by Gasteiger charge is -2.39. The van der Waals surface area contributed by atoms with Crippen LogP contribution in [-0.4, -0.2) is 40.3 Å². The number of halogens is 3. The largest absolute Gasteiger partial charge is 0.416 e. The van der Waals surface area contributed by atoms with Crippen molar-refractivity contribution in [1.29, 1.82) is 0 Å². The van der Waals surface area contributed by atoms with E-state index < -0.39 is 68.3 Å². The van der Waals surface area contributed by atoms with Crippen LogP contribution in [0.4, 0.5) is 19.0 Å². The van der Waals surface area contributed by atoms with Crippen molar-refractivity contribution in [3.8, 4) is 23.0 Å². The van der Waals surface area contributed by atoms with E-state index in [0.29, 0.717) is 0 Å². The van der Waals surface area contributed by atoms with E-state index in [1.165, 1.54) is 25.4 Å². The van der Waals surface area contributed by atoms with Crippen LogP contribution < -0.4 is 4.90 Å². The molecule has 0 saturated heterocycles. The van der Waals surface area contributed by atoms with Crippen LogP contribution in [0.5, 0.6) is 0 Å². The summed E-state index contributed by atoms with van der Waals surface area (Å²) in [6.07, 6.45) is -4.65. The van der Waals surface area contributed by atoms with E-state index in [0.717, 1.165) is 33.5 Å². The maximum atomic E-state index is 13.5. The molecule has 1 unspecified atom stereocenters. The number of hydrogen-bond acceptors (Lipinski definition) is 6. The van der Waals surface area contributed by atoms with Gasteiger partial charge in [0.25, 0.3) is 0 Å². The van der Waals surface area contributed by atoms with Gasteiger partial charge in [0.1, 0.15) is 17.3 Å². The van der Waals surface area contributed by atoms with Gasteiger partial charge in [-0.15, -0.1) is 10.2 Å². The third-order valence-electron chi connectivity index (χ3n) is 5.24. The lowest BCUT2D eigenvalue weighted by atomic mass is 10.1. The Kier molecular flexibility index (Phi) is 2.82. The molecule has 4 heterocycles. The molecule has 34 heavy (non-hydrogen) atoms. The molecule has 11 heteroatoms. The maximum Gasteiger partial charge on any atom is 0.416 e. The minimum absolute atomic E-state index is 0.0317. The predicted molar refractivity (Wildman–Crippen MR) is 120 cm³/mol. The van der Waals surface area contributed by atoms with E-state index in [4.69, 9.17) is 16.4 Å². The second-order valence-electron chi connectivity index (χ2n) is 7.28. The molecule has 1 aromatic carbocycles. The number of nitrogens with zero attached hydrogens (tertiary/aromatic N) is 8. The molecule has 1 atom stereocenters. The van der Waals surface area contributed by atoms with Crippen molar-refractivity contribution in [2.24, 2.45) is 0 Å². The number of aryl methyl sites for hydroxylation is 1. The third-order valence-corrected chi connectivity index (χ3v) is 5.24. The van der Waals surface area contributed by atoms with E-state index in [-0.39, 0.29) is 27.8 Å². The van der Waals surface area contributed by atoms with E-state index in [1.54, 1.807) is 0 Å². The summed E-state index contributed by atoms with van der Waals surface area (Å²) in [4.78, 5) is 12.9. The number of imidazole rings is 1. The molecule has 4 aromatic rings. The van der Waals surface area contributed by atoms with Gasteiger partial charge in [-0.1, -0.05) is 19.0 Å². The number of benzene rings is 1. The molecule has 1 aliphatic rings. The molecule has 0 bridgehead atoms. The first-order valence-electron chi connectivity index (χ1n) is 15.7. The zero-order valence-electron chi connectivity index (χ0n) is 29.3. The van der Waals surface area contributed by atoms with E-state index in [9.17, 15) is 13.2 Å². The van der Waals surface area contributed by atoms with E-state index in [1.807, 2.05) is 0 Å². The molecule has 0 fully saturated rings. The highest BCUT2D eigenvalue weighted by Crippen LogP contribution is 2.40. The Morgan fingerprint density at radius 3 is 2.85 bits per heavy atom. The monoisotopic (exact) mass is 480 g/mol. The van der Waals surface area contributed by atoms with Gasteiger partial charge in [0.15, 0.2) is 11.6 Å². The summed E-state index contributed by atoms with van der Waals surface area (Å²) in [6, 6.07) is -2.00. The molecule has 0 aliphatic carbocycles. The first-order chi connectivity index (χ1) is 20.9. The molecule has 3 aromatic heterocycles. The van der Waals surface area contributed by atoms with E-state index in [2.05, 4.69) is 25.1 Å². The zero-order valence-corrected chi connectivity index (χ0v) is 17.3. The van der Waals surface area contributed by atoms with Gasteiger partial charge in [0, 0.05) is 39.1 Å². The van der Waals surface area contributed by atoms with Crippen LogP contribution in [-0.2, 0) is 6.18 Å². The van der Waals surface area contributed by atoms with Gasteiger partial charge in [0.05, 0.1) is 19.2 Å². The zero-order chi connectivity index (χ0) is 34.4. The predicted octanol–water partition coefficient (Wildman–Crippen LogP) is 4.92. The van der Waals surface area contributed by atoms with Gasteiger partial charge in [0.2, 0.25) is 5.95 Å². The first-order valence-corrected chi connectivity index (χ1v) is 9.73. The summed E-state index contributed by atoms with van der Waals surface area (Å²) >= 11 is 0. The molecule has 5 rings (SSSR count). The Labute approximate surface area is 211 Å². The maximum absolute atomic E-state index is 13.5. The molecule has 0 amide bonds. The molecule has 0 spiro atoms. The molecule has 176 valence electrons. The van der Waals surface area contributed by atoms with Crippen molar-refractivity contribution < 1.29 is 29.6 Å². The number of hydrogen-bond donors (Lipinski definition) is 0. The average molecular weight is 481 g/mol. The minimum atomic E-state index is -4.69. The highest BCUT2D eigenvalue weighted by Gasteiger charge is 2.36. The fourth-order valence-corrected chi connectivity index (χ4v) is 3.78. The fraction of sp³-hybridized carbons (Fsp3) is 0.348. The Balaban J connectivity index is 1.85. The third kappa shape index (κ3) is 3.42. The molecular formula is C23H23F3N8.